The Bertz CT molecular complexity index is 1990. The summed E-state index contributed by atoms with van der Waals surface area (Å²) in [5, 5.41) is 19.8. The zero-order valence-electron chi connectivity index (χ0n) is 20.3. The summed E-state index contributed by atoms with van der Waals surface area (Å²) in [6.45, 7) is 0. The number of esters is 1. The number of rotatable bonds is 3. The number of carboxylic acid groups (broad SMARTS) is 1. The average molecular weight is 526 g/mol. The average Bonchev–Trinajstić information content (AvgIpc) is 3.25. The van der Waals surface area contributed by atoms with E-state index in [1.165, 1.54) is 12.1 Å². The molecule has 2 heterocycles. The van der Waals surface area contributed by atoms with Gasteiger partial charge in [-0.15, -0.1) is 0 Å². The molecule has 2 aliphatic heterocycles. The van der Waals surface area contributed by atoms with Gasteiger partial charge in [0, 0.05) is 48.7 Å². The molecular weight excluding hydrogens is 512 g/mol. The van der Waals surface area contributed by atoms with Gasteiger partial charge in [-0.1, -0.05) is 52.7 Å². The highest BCUT2D eigenvalue weighted by Gasteiger charge is 2.54. The minimum absolute atomic E-state index is 0.0339. The van der Waals surface area contributed by atoms with E-state index in [0.717, 1.165) is 10.8 Å². The molecular formula is C29H14N6O5. The highest BCUT2D eigenvalue weighted by atomic mass is 16.6. The van der Waals surface area contributed by atoms with Crippen molar-refractivity contribution in [3.05, 3.63) is 128 Å². The van der Waals surface area contributed by atoms with Crippen LogP contribution in [-0.4, -0.2) is 17.0 Å². The maximum Gasteiger partial charge on any atom is 0.340 e. The second-order valence-corrected chi connectivity index (χ2v) is 9.31. The van der Waals surface area contributed by atoms with Crippen molar-refractivity contribution >= 4 is 44.9 Å². The lowest BCUT2D eigenvalue weighted by molar-refractivity contribution is 0.0226. The molecule has 11 heteroatoms. The molecule has 11 nitrogen and oxygen atoms in total. The van der Waals surface area contributed by atoms with Crippen LogP contribution in [0.2, 0.25) is 0 Å². The Morgan fingerprint density at radius 2 is 1.30 bits per heavy atom. The van der Waals surface area contributed by atoms with Crippen LogP contribution in [0.25, 0.3) is 42.4 Å². The molecule has 0 unspecified atom stereocenters. The topological polar surface area (TPSA) is 170 Å². The molecule has 0 saturated heterocycles. The van der Waals surface area contributed by atoms with Crippen LogP contribution >= 0.6 is 0 Å². The second-order valence-electron chi connectivity index (χ2n) is 9.31. The number of azide groups is 2. The molecule has 0 atom stereocenters. The van der Waals surface area contributed by atoms with Crippen molar-refractivity contribution in [2.45, 2.75) is 5.60 Å². The van der Waals surface area contributed by atoms with Gasteiger partial charge in [-0.25, -0.2) is 9.59 Å². The molecule has 5 aromatic rings. The van der Waals surface area contributed by atoms with Crippen molar-refractivity contribution < 1.29 is 24.2 Å². The van der Waals surface area contributed by atoms with Crippen LogP contribution in [0.15, 0.2) is 89.1 Å². The molecule has 0 bridgehead atoms. The summed E-state index contributed by atoms with van der Waals surface area (Å²) in [4.78, 5) is 30.7. The largest absolute Gasteiger partial charge is 0.478 e. The van der Waals surface area contributed by atoms with E-state index in [0.29, 0.717) is 50.3 Å². The van der Waals surface area contributed by atoms with Crippen LogP contribution in [-0.2, 0) is 10.3 Å². The fourth-order valence-corrected chi connectivity index (χ4v) is 5.63. The number of carbonyl (C=O) groups is 2. The third kappa shape index (κ3) is 3.07. The van der Waals surface area contributed by atoms with Crippen LogP contribution < -0.4 is 4.74 Å². The lowest BCUT2D eigenvalue weighted by Gasteiger charge is -2.37. The van der Waals surface area contributed by atoms with Crippen molar-refractivity contribution in [3.63, 3.8) is 0 Å². The van der Waals surface area contributed by atoms with Gasteiger partial charge in [-0.2, -0.15) is 0 Å². The summed E-state index contributed by atoms with van der Waals surface area (Å²) in [7, 11) is 0. The summed E-state index contributed by atoms with van der Waals surface area (Å²) in [6.07, 6.45) is 0. The predicted octanol–water partition coefficient (Wildman–Crippen LogP) is 8.14. The van der Waals surface area contributed by atoms with E-state index in [4.69, 9.17) is 20.5 Å². The zero-order chi connectivity index (χ0) is 27.6. The Balaban J connectivity index is 1.59. The number of hydrogen-bond donors (Lipinski definition) is 1. The first kappa shape index (κ1) is 23.1. The third-order valence-electron chi connectivity index (χ3n) is 7.30. The van der Waals surface area contributed by atoms with Crippen LogP contribution in [0.4, 0.5) is 11.4 Å². The van der Waals surface area contributed by atoms with E-state index in [2.05, 4.69) is 20.1 Å². The van der Waals surface area contributed by atoms with Crippen molar-refractivity contribution in [3.8, 4) is 11.5 Å². The molecule has 190 valence electrons. The monoisotopic (exact) mass is 526 g/mol. The number of benzene rings is 5. The highest BCUT2D eigenvalue weighted by molar-refractivity contribution is 6.03. The van der Waals surface area contributed by atoms with Gasteiger partial charge in [-0.05, 0) is 58.2 Å². The van der Waals surface area contributed by atoms with E-state index < -0.39 is 17.5 Å². The molecule has 7 rings (SSSR count). The highest BCUT2D eigenvalue weighted by Crippen LogP contribution is 2.59. The number of fused-ring (bicyclic) bond motifs is 10. The van der Waals surface area contributed by atoms with Gasteiger partial charge in [0.05, 0.1) is 11.1 Å². The standard InChI is InChI=1S/C29H14N6O5/c30-34-32-17-4-6-19-14(11-17)1-9-23-25(19)39-26-20-7-5-18(33-35-31)12-15(20)2-10-24(26)29(23)22-8-3-16(27(36)37)13-21(22)28(38)40-29/h1-13H,(H,36,37). The molecule has 1 spiro atoms. The molecule has 0 aliphatic carbocycles. The fourth-order valence-electron chi connectivity index (χ4n) is 5.63. The number of carbonyl (C=O) groups excluding carboxylic acids is 1. The van der Waals surface area contributed by atoms with Gasteiger partial charge < -0.3 is 14.6 Å². The minimum Gasteiger partial charge on any atom is -0.478 e. The van der Waals surface area contributed by atoms with E-state index in [-0.39, 0.29) is 11.1 Å². The Kier molecular flexibility index (Phi) is 4.76. The van der Waals surface area contributed by atoms with Crippen molar-refractivity contribution in [1.82, 2.24) is 0 Å². The normalized spacial score (nSPS) is 16.2. The van der Waals surface area contributed by atoms with E-state index >= 15 is 0 Å². The first-order chi connectivity index (χ1) is 19.4. The molecule has 0 amide bonds. The Morgan fingerprint density at radius 1 is 0.750 bits per heavy atom. The van der Waals surface area contributed by atoms with Gasteiger partial charge in [0.1, 0.15) is 11.5 Å². The molecule has 0 saturated carbocycles. The first-order valence-electron chi connectivity index (χ1n) is 12.0. The number of carboxylic acids is 1. The number of hydrogen-bond acceptors (Lipinski definition) is 6. The molecule has 1 N–H and O–H groups in total. The van der Waals surface area contributed by atoms with Crippen molar-refractivity contribution in [1.29, 1.82) is 0 Å². The fraction of sp³-hybridized carbons (Fsp3) is 0.0345. The van der Waals surface area contributed by atoms with E-state index in [1.54, 1.807) is 54.6 Å². The molecule has 0 radical (unpaired) electrons. The number of nitrogens with zero attached hydrogens (tertiary/aromatic N) is 6. The van der Waals surface area contributed by atoms with Gasteiger partial charge in [0.25, 0.3) is 0 Å². The quantitative estimate of drug-likeness (QED) is 0.108. The SMILES string of the molecule is [N-]=[N+]=Nc1ccc2c3c(ccc2c1)C1(OC(=O)c2cc(C(=O)O)ccc21)c1ccc2cc(N=[N+]=[N-])ccc2c1O3. The summed E-state index contributed by atoms with van der Waals surface area (Å²) >= 11 is 0. The first-order valence-corrected chi connectivity index (χ1v) is 12.0. The maximum absolute atomic E-state index is 13.3. The molecule has 40 heavy (non-hydrogen) atoms. The molecule has 0 fully saturated rings. The van der Waals surface area contributed by atoms with Crippen LogP contribution in [0.3, 0.4) is 0 Å². The third-order valence-corrected chi connectivity index (χ3v) is 7.30. The van der Waals surface area contributed by atoms with Gasteiger partial charge in [0.15, 0.2) is 5.60 Å². The zero-order valence-corrected chi connectivity index (χ0v) is 20.3. The predicted molar refractivity (Wildman–Crippen MR) is 144 cm³/mol. The van der Waals surface area contributed by atoms with E-state index in [1.807, 2.05) is 12.1 Å². The Morgan fingerprint density at radius 3 is 1.82 bits per heavy atom. The lowest BCUT2D eigenvalue weighted by atomic mass is 9.76. The van der Waals surface area contributed by atoms with Crippen LogP contribution in [0.1, 0.15) is 37.4 Å². The number of ether oxygens (including phenoxy) is 2. The minimum atomic E-state index is -1.43. The second kappa shape index (κ2) is 8.24. The Labute approximate surface area is 224 Å². The smallest absolute Gasteiger partial charge is 0.340 e. The van der Waals surface area contributed by atoms with Crippen molar-refractivity contribution in [2.75, 3.05) is 0 Å². The van der Waals surface area contributed by atoms with Crippen LogP contribution in [0, 0.1) is 0 Å². The van der Waals surface area contributed by atoms with Crippen molar-refractivity contribution in [2.24, 2.45) is 10.2 Å². The maximum atomic E-state index is 13.3. The summed E-state index contributed by atoms with van der Waals surface area (Å²) in [6, 6.07) is 21.9. The van der Waals surface area contributed by atoms with Gasteiger partial charge in [0.2, 0.25) is 0 Å². The summed E-state index contributed by atoms with van der Waals surface area (Å²) in [5.41, 5.74) is 18.9. The Hall–Kier alpha value is -6.02. The van der Waals surface area contributed by atoms with Gasteiger partial charge >= 0.3 is 11.9 Å². The summed E-state index contributed by atoms with van der Waals surface area (Å²) < 4.78 is 12.8. The molecule has 0 aromatic heterocycles. The van der Waals surface area contributed by atoms with E-state index in [9.17, 15) is 14.7 Å². The number of aromatic carboxylic acids is 1. The molecule has 5 aromatic carbocycles. The molecule has 2 aliphatic rings. The van der Waals surface area contributed by atoms with Crippen LogP contribution in [0.5, 0.6) is 11.5 Å². The lowest BCUT2D eigenvalue weighted by Crippen LogP contribution is -2.33. The van der Waals surface area contributed by atoms with Gasteiger partial charge in [-0.3, -0.25) is 0 Å². The summed E-state index contributed by atoms with van der Waals surface area (Å²) in [5.74, 6) is -0.943.